The summed E-state index contributed by atoms with van der Waals surface area (Å²) >= 11 is 0. The predicted octanol–water partition coefficient (Wildman–Crippen LogP) is 0.456. The Kier molecular flexibility index (Phi) is 2.59. The van der Waals surface area contributed by atoms with Crippen LogP contribution in [0.5, 0.6) is 0 Å². The minimum atomic E-state index is -0.675. The number of nitrogens with two attached hydrogens (primary N) is 1. The number of carbonyl (C=O) groups excluding carboxylic acids is 1. The van der Waals surface area contributed by atoms with Crippen molar-refractivity contribution in [2.45, 2.75) is 13.8 Å². The molecule has 1 aliphatic heterocycles. The molecule has 2 N–H and O–H groups in total. The van der Waals surface area contributed by atoms with Crippen molar-refractivity contribution in [1.29, 1.82) is 0 Å². The highest BCUT2D eigenvalue weighted by Crippen LogP contribution is 2.09. The van der Waals surface area contributed by atoms with Crippen molar-refractivity contribution < 1.29 is 9.63 Å². The minimum absolute atomic E-state index is 0.383. The van der Waals surface area contributed by atoms with Crippen LogP contribution in [-0.4, -0.2) is 11.1 Å². The van der Waals surface area contributed by atoms with Crippen LogP contribution >= 0.6 is 0 Å². The van der Waals surface area contributed by atoms with E-state index >= 15 is 0 Å². The van der Waals surface area contributed by atoms with Crippen LogP contribution in [0.4, 0.5) is 0 Å². The second kappa shape index (κ2) is 3.48. The van der Waals surface area contributed by atoms with Crippen LogP contribution in [0.2, 0.25) is 0 Å². The molecule has 0 saturated carbocycles. The molecule has 1 atom stereocenters. The Morgan fingerprint density at radius 1 is 1.83 bits per heavy atom. The van der Waals surface area contributed by atoms with E-state index in [1.54, 1.807) is 5.41 Å². The fourth-order valence-electron chi connectivity index (χ4n) is 0.621. The van der Waals surface area contributed by atoms with Gasteiger partial charge in [-0.3, -0.25) is 0 Å². The van der Waals surface area contributed by atoms with Crippen molar-refractivity contribution in [2.24, 2.45) is 15.3 Å². The topological polar surface area (TPSA) is 77.0 Å². The highest BCUT2D eigenvalue weighted by molar-refractivity contribution is 8.05. The van der Waals surface area contributed by atoms with E-state index in [9.17, 15) is 4.79 Å². The first-order chi connectivity index (χ1) is 5.59. The molecular formula is C6H9N3O2S. The fraction of sp³-hybridized carbons (Fsp3) is 0.333. The number of rotatable bonds is 1. The van der Waals surface area contributed by atoms with Crippen LogP contribution in [0.1, 0.15) is 13.8 Å². The number of carbonyl (C=O) groups is 1. The van der Waals surface area contributed by atoms with Gasteiger partial charge in [-0.2, -0.15) is 0 Å². The highest BCUT2D eigenvalue weighted by Gasteiger charge is 2.08. The van der Waals surface area contributed by atoms with Crippen molar-refractivity contribution >= 4 is 21.8 Å². The largest absolute Gasteiger partial charge is 0.377 e. The molecule has 0 bridgehead atoms. The molecule has 12 heavy (non-hydrogen) atoms. The summed E-state index contributed by atoms with van der Waals surface area (Å²) in [4.78, 5) is 18.7. The lowest BCUT2D eigenvalue weighted by molar-refractivity contribution is -0.140. The molecule has 0 aromatic heterocycles. The van der Waals surface area contributed by atoms with E-state index in [4.69, 9.17) is 5.73 Å². The summed E-state index contributed by atoms with van der Waals surface area (Å²) in [6, 6.07) is 0. The quantitative estimate of drug-likeness (QED) is 0.605. The van der Waals surface area contributed by atoms with Gasteiger partial charge in [0.1, 0.15) is 0 Å². The SMILES string of the molecule is CC(=O)ON=S1C=C(C)N=C1N. The summed E-state index contributed by atoms with van der Waals surface area (Å²) in [6.45, 7) is 3.09. The molecule has 1 rings (SSSR count). The monoisotopic (exact) mass is 187 g/mol. The van der Waals surface area contributed by atoms with Gasteiger partial charge < -0.3 is 10.6 Å². The molecule has 0 saturated heterocycles. The molecule has 5 nitrogen and oxygen atoms in total. The van der Waals surface area contributed by atoms with E-state index in [1.807, 2.05) is 6.92 Å². The normalized spacial score (nSPS) is 22.0. The molecule has 1 unspecified atom stereocenters. The summed E-state index contributed by atoms with van der Waals surface area (Å²) in [5, 5.41) is 2.13. The molecule has 0 aromatic carbocycles. The number of aliphatic imine (C=N–C) groups is 1. The van der Waals surface area contributed by atoms with Crippen molar-refractivity contribution in [2.75, 3.05) is 0 Å². The van der Waals surface area contributed by atoms with Gasteiger partial charge in [0.25, 0.3) is 0 Å². The molecule has 1 heterocycles. The maximum Gasteiger partial charge on any atom is 0.332 e. The van der Waals surface area contributed by atoms with Gasteiger partial charge in [0.15, 0.2) is 5.17 Å². The Hall–Kier alpha value is -1.17. The Labute approximate surface area is 72.4 Å². The number of hydrogen-bond acceptors (Lipinski definition) is 5. The third-order valence-corrected chi connectivity index (χ3v) is 2.35. The molecule has 0 radical (unpaired) electrons. The van der Waals surface area contributed by atoms with Gasteiger partial charge in [-0.25, -0.2) is 9.79 Å². The van der Waals surface area contributed by atoms with Gasteiger partial charge in [-0.1, -0.05) is 0 Å². The van der Waals surface area contributed by atoms with Gasteiger partial charge >= 0.3 is 5.97 Å². The molecule has 0 spiro atoms. The van der Waals surface area contributed by atoms with E-state index in [-0.39, 0.29) is 0 Å². The first kappa shape index (κ1) is 8.92. The summed E-state index contributed by atoms with van der Waals surface area (Å²) < 4.78 is 3.60. The molecular weight excluding hydrogens is 178 g/mol. The number of allylic oxidation sites excluding steroid dienone is 1. The van der Waals surface area contributed by atoms with Crippen LogP contribution in [0.15, 0.2) is 20.6 Å². The first-order valence-corrected chi connectivity index (χ1v) is 4.48. The third-order valence-electron chi connectivity index (χ3n) is 1.03. The van der Waals surface area contributed by atoms with E-state index in [2.05, 4.69) is 14.4 Å². The van der Waals surface area contributed by atoms with E-state index in [0.29, 0.717) is 5.17 Å². The van der Waals surface area contributed by atoms with E-state index in [0.717, 1.165) is 5.70 Å². The molecule has 0 aromatic rings. The van der Waals surface area contributed by atoms with Crippen molar-refractivity contribution in [3.63, 3.8) is 0 Å². The van der Waals surface area contributed by atoms with Crippen molar-refractivity contribution in [3.8, 4) is 0 Å². The van der Waals surface area contributed by atoms with Crippen LogP contribution < -0.4 is 5.73 Å². The van der Waals surface area contributed by atoms with Gasteiger partial charge in [-0.15, -0.1) is 0 Å². The smallest absolute Gasteiger partial charge is 0.332 e. The summed E-state index contributed by atoms with van der Waals surface area (Å²) in [5.74, 6) is -0.451. The maximum atomic E-state index is 10.4. The van der Waals surface area contributed by atoms with Crippen LogP contribution in [-0.2, 0) is 20.3 Å². The van der Waals surface area contributed by atoms with Crippen molar-refractivity contribution in [3.05, 3.63) is 11.1 Å². The van der Waals surface area contributed by atoms with Crippen LogP contribution in [0.25, 0.3) is 0 Å². The Morgan fingerprint density at radius 3 is 2.92 bits per heavy atom. The molecule has 0 fully saturated rings. The first-order valence-electron chi connectivity index (χ1n) is 3.24. The van der Waals surface area contributed by atoms with E-state index < -0.39 is 16.7 Å². The Morgan fingerprint density at radius 2 is 2.50 bits per heavy atom. The Balaban J connectivity index is 2.72. The van der Waals surface area contributed by atoms with Crippen molar-refractivity contribution in [1.82, 2.24) is 0 Å². The average molecular weight is 187 g/mol. The lowest BCUT2D eigenvalue weighted by Crippen LogP contribution is -2.13. The molecule has 0 aliphatic carbocycles. The fourth-order valence-corrected chi connectivity index (χ4v) is 1.66. The molecule has 1 aliphatic rings. The molecule has 66 valence electrons. The summed E-state index contributed by atoms with van der Waals surface area (Å²) in [5.41, 5.74) is 6.28. The van der Waals surface area contributed by atoms with Gasteiger partial charge in [0.2, 0.25) is 0 Å². The number of hydrogen-bond donors (Lipinski definition) is 1. The average Bonchev–Trinajstić information content (AvgIpc) is 2.26. The second-order valence-corrected chi connectivity index (χ2v) is 3.61. The lowest BCUT2D eigenvalue weighted by atomic mass is 10.6. The van der Waals surface area contributed by atoms with Crippen LogP contribution in [0.3, 0.4) is 0 Å². The predicted molar refractivity (Wildman–Crippen MR) is 46.9 cm³/mol. The maximum absolute atomic E-state index is 10.4. The standard InChI is InChI=1S/C6H9N3O2S/c1-4-3-12(6(7)8-4)9-11-5(2)10/h3H,1-2H3,(H2,7,8). The Bertz CT molecular complexity index is 306. The van der Waals surface area contributed by atoms with E-state index in [1.165, 1.54) is 6.92 Å². The second-order valence-electron chi connectivity index (χ2n) is 2.18. The minimum Gasteiger partial charge on any atom is -0.377 e. The third kappa shape index (κ3) is 2.16. The van der Waals surface area contributed by atoms with Crippen LogP contribution in [0, 0.1) is 0 Å². The highest BCUT2D eigenvalue weighted by atomic mass is 32.2. The molecule has 0 amide bonds. The number of nitrogens with zero attached hydrogens (tertiary/aromatic N) is 2. The number of amidine groups is 1. The molecule has 6 heteroatoms. The zero-order valence-electron chi connectivity index (χ0n) is 6.77. The zero-order valence-corrected chi connectivity index (χ0v) is 7.59. The summed E-state index contributed by atoms with van der Waals surface area (Å²) in [7, 11) is -0.675. The zero-order chi connectivity index (χ0) is 9.14. The lowest BCUT2D eigenvalue weighted by Gasteiger charge is -1.93. The summed E-state index contributed by atoms with van der Waals surface area (Å²) in [6.07, 6.45) is 0. The van der Waals surface area contributed by atoms with Gasteiger partial charge in [0.05, 0.1) is 0 Å². The van der Waals surface area contributed by atoms with Gasteiger partial charge in [0, 0.05) is 28.7 Å². The van der Waals surface area contributed by atoms with Gasteiger partial charge in [-0.05, 0) is 11.4 Å².